The van der Waals surface area contributed by atoms with Gasteiger partial charge in [-0.15, -0.1) is 0 Å². The lowest BCUT2D eigenvalue weighted by Crippen LogP contribution is -2.01. The van der Waals surface area contributed by atoms with Crippen molar-refractivity contribution in [2.45, 2.75) is 31.5 Å². The molecule has 1 aromatic carbocycles. The van der Waals surface area contributed by atoms with Crippen molar-refractivity contribution >= 4 is 15.9 Å². The van der Waals surface area contributed by atoms with Crippen LogP contribution in [-0.2, 0) is 0 Å². The number of hydrogen-bond acceptors (Lipinski definition) is 1. The molecule has 1 rings (SSSR count). The van der Waals surface area contributed by atoms with Gasteiger partial charge in [0.1, 0.15) is 11.6 Å². The maximum absolute atomic E-state index is 13.7. The normalized spacial score (nSPS) is 14.6. The summed E-state index contributed by atoms with van der Waals surface area (Å²) >= 11 is 3.54. The highest BCUT2D eigenvalue weighted by atomic mass is 79.9. The SMILES string of the molecule is CCC(C)CC(Br)c1ccc(OC)cc1F. The third-order valence-corrected chi connectivity index (χ3v) is 3.72. The van der Waals surface area contributed by atoms with Gasteiger partial charge in [-0.25, -0.2) is 4.39 Å². The molecule has 0 aromatic heterocycles. The molecule has 0 saturated carbocycles. The zero-order valence-corrected chi connectivity index (χ0v) is 11.6. The molecule has 1 aromatic rings. The minimum absolute atomic E-state index is 0.0772. The fraction of sp³-hybridized carbons (Fsp3) is 0.538. The fourth-order valence-corrected chi connectivity index (χ4v) is 2.55. The Morgan fingerprint density at radius 3 is 2.62 bits per heavy atom. The van der Waals surface area contributed by atoms with E-state index < -0.39 is 0 Å². The van der Waals surface area contributed by atoms with E-state index in [1.54, 1.807) is 19.2 Å². The summed E-state index contributed by atoms with van der Waals surface area (Å²) in [6.45, 7) is 4.32. The molecule has 90 valence electrons. The van der Waals surface area contributed by atoms with Crippen LogP contribution >= 0.6 is 15.9 Å². The number of ether oxygens (including phenoxy) is 1. The van der Waals surface area contributed by atoms with Crippen molar-refractivity contribution in [3.63, 3.8) is 0 Å². The van der Waals surface area contributed by atoms with Crippen LogP contribution in [0.4, 0.5) is 4.39 Å². The molecule has 2 unspecified atom stereocenters. The van der Waals surface area contributed by atoms with Crippen LogP contribution in [0.25, 0.3) is 0 Å². The van der Waals surface area contributed by atoms with E-state index in [-0.39, 0.29) is 10.6 Å². The number of methoxy groups -OCH3 is 1. The van der Waals surface area contributed by atoms with Gasteiger partial charge in [0.2, 0.25) is 0 Å². The van der Waals surface area contributed by atoms with Crippen LogP contribution in [0.2, 0.25) is 0 Å². The van der Waals surface area contributed by atoms with E-state index in [4.69, 9.17) is 4.74 Å². The van der Waals surface area contributed by atoms with Gasteiger partial charge < -0.3 is 4.74 Å². The second-order valence-electron chi connectivity index (χ2n) is 4.10. The van der Waals surface area contributed by atoms with Crippen molar-refractivity contribution in [1.29, 1.82) is 0 Å². The third-order valence-electron chi connectivity index (χ3n) is 2.85. The van der Waals surface area contributed by atoms with Crippen LogP contribution in [0, 0.1) is 11.7 Å². The van der Waals surface area contributed by atoms with Crippen LogP contribution < -0.4 is 4.74 Å². The zero-order chi connectivity index (χ0) is 12.1. The third kappa shape index (κ3) is 3.48. The van der Waals surface area contributed by atoms with E-state index in [2.05, 4.69) is 29.8 Å². The van der Waals surface area contributed by atoms with Gasteiger partial charge >= 0.3 is 0 Å². The predicted molar refractivity (Wildman–Crippen MR) is 68.7 cm³/mol. The molecule has 0 saturated heterocycles. The summed E-state index contributed by atoms with van der Waals surface area (Å²) in [5, 5.41) is 0. The molecular weight excluding hydrogens is 271 g/mol. The van der Waals surface area contributed by atoms with Gasteiger partial charge in [-0.2, -0.15) is 0 Å². The van der Waals surface area contributed by atoms with E-state index in [1.165, 1.54) is 6.07 Å². The molecule has 0 aliphatic carbocycles. The first-order chi connectivity index (χ1) is 7.58. The Balaban J connectivity index is 2.79. The van der Waals surface area contributed by atoms with Crippen LogP contribution in [0.5, 0.6) is 5.75 Å². The first-order valence-corrected chi connectivity index (χ1v) is 6.47. The largest absolute Gasteiger partial charge is 0.497 e. The Kier molecular flexibility index (Phi) is 5.26. The lowest BCUT2D eigenvalue weighted by molar-refractivity contribution is 0.410. The summed E-state index contributed by atoms with van der Waals surface area (Å²) < 4.78 is 18.7. The molecule has 1 nitrogen and oxygen atoms in total. The lowest BCUT2D eigenvalue weighted by Gasteiger charge is -2.15. The molecule has 2 atom stereocenters. The van der Waals surface area contributed by atoms with Gasteiger partial charge in [-0.05, 0) is 18.4 Å². The van der Waals surface area contributed by atoms with E-state index in [1.807, 2.05) is 0 Å². The molecule has 0 fully saturated rings. The first-order valence-electron chi connectivity index (χ1n) is 5.56. The van der Waals surface area contributed by atoms with Gasteiger partial charge in [0, 0.05) is 16.5 Å². The number of halogens is 2. The van der Waals surface area contributed by atoms with Gasteiger partial charge in [-0.3, -0.25) is 0 Å². The van der Waals surface area contributed by atoms with Crippen molar-refractivity contribution in [2.75, 3.05) is 7.11 Å². The van der Waals surface area contributed by atoms with Crippen LogP contribution in [-0.4, -0.2) is 7.11 Å². The fourth-order valence-electron chi connectivity index (χ4n) is 1.54. The first kappa shape index (κ1) is 13.5. The topological polar surface area (TPSA) is 9.23 Å². The van der Waals surface area contributed by atoms with Gasteiger partial charge in [0.15, 0.2) is 0 Å². The average Bonchev–Trinajstić information content (AvgIpc) is 2.28. The smallest absolute Gasteiger partial charge is 0.131 e. The predicted octanol–water partition coefficient (Wildman–Crippen LogP) is 4.71. The highest BCUT2D eigenvalue weighted by molar-refractivity contribution is 9.09. The summed E-state index contributed by atoms with van der Waals surface area (Å²) in [4.78, 5) is 0.0772. The van der Waals surface area contributed by atoms with Crippen LogP contribution in [0.1, 0.15) is 37.1 Å². The highest BCUT2D eigenvalue weighted by Crippen LogP contribution is 2.33. The van der Waals surface area contributed by atoms with E-state index >= 15 is 0 Å². The molecule has 0 radical (unpaired) electrons. The maximum atomic E-state index is 13.7. The Morgan fingerprint density at radius 1 is 1.44 bits per heavy atom. The summed E-state index contributed by atoms with van der Waals surface area (Å²) in [5.74, 6) is 0.944. The number of alkyl halides is 1. The summed E-state index contributed by atoms with van der Waals surface area (Å²) in [7, 11) is 1.54. The van der Waals surface area contributed by atoms with E-state index in [0.717, 1.165) is 12.8 Å². The number of benzene rings is 1. The second-order valence-corrected chi connectivity index (χ2v) is 5.21. The standard InChI is InChI=1S/C13H18BrFO/c1-4-9(2)7-12(14)11-6-5-10(16-3)8-13(11)15/h5-6,8-9,12H,4,7H2,1-3H3. The van der Waals surface area contributed by atoms with E-state index in [0.29, 0.717) is 17.2 Å². The average molecular weight is 289 g/mol. The molecule has 0 aliphatic heterocycles. The summed E-state index contributed by atoms with van der Waals surface area (Å²) in [5.41, 5.74) is 0.709. The highest BCUT2D eigenvalue weighted by Gasteiger charge is 2.15. The summed E-state index contributed by atoms with van der Waals surface area (Å²) in [6, 6.07) is 5.01. The van der Waals surface area contributed by atoms with Crippen molar-refractivity contribution < 1.29 is 9.13 Å². The molecule has 16 heavy (non-hydrogen) atoms. The Labute approximate surface area is 105 Å². The van der Waals surface area contributed by atoms with Crippen LogP contribution in [0.15, 0.2) is 18.2 Å². The van der Waals surface area contributed by atoms with Crippen molar-refractivity contribution in [2.24, 2.45) is 5.92 Å². The Hall–Kier alpha value is -0.570. The molecule has 0 spiro atoms. The van der Waals surface area contributed by atoms with Crippen molar-refractivity contribution in [3.8, 4) is 5.75 Å². The molecular formula is C13H18BrFO. The van der Waals surface area contributed by atoms with Gasteiger partial charge in [-0.1, -0.05) is 42.3 Å². The second kappa shape index (κ2) is 6.24. The molecule has 0 N–H and O–H groups in total. The molecule has 0 amide bonds. The number of rotatable bonds is 5. The monoisotopic (exact) mass is 288 g/mol. The van der Waals surface area contributed by atoms with Gasteiger partial charge in [0.25, 0.3) is 0 Å². The minimum Gasteiger partial charge on any atom is -0.497 e. The Morgan fingerprint density at radius 2 is 2.12 bits per heavy atom. The number of hydrogen-bond donors (Lipinski definition) is 0. The lowest BCUT2D eigenvalue weighted by atomic mass is 9.98. The zero-order valence-electron chi connectivity index (χ0n) is 9.97. The summed E-state index contributed by atoms with van der Waals surface area (Å²) in [6.07, 6.45) is 2.06. The molecule has 0 bridgehead atoms. The molecule has 3 heteroatoms. The van der Waals surface area contributed by atoms with Crippen LogP contribution in [0.3, 0.4) is 0 Å². The molecule has 0 aliphatic rings. The molecule has 0 heterocycles. The van der Waals surface area contributed by atoms with Crippen molar-refractivity contribution in [3.05, 3.63) is 29.6 Å². The van der Waals surface area contributed by atoms with Gasteiger partial charge in [0.05, 0.1) is 7.11 Å². The van der Waals surface area contributed by atoms with E-state index in [9.17, 15) is 4.39 Å². The minimum atomic E-state index is -0.204. The Bertz CT molecular complexity index is 341. The quantitative estimate of drug-likeness (QED) is 0.713. The van der Waals surface area contributed by atoms with Crippen molar-refractivity contribution in [1.82, 2.24) is 0 Å². The maximum Gasteiger partial charge on any atom is 0.131 e.